The van der Waals surface area contributed by atoms with Crippen LogP contribution in [0.5, 0.6) is 5.75 Å². The minimum absolute atomic E-state index is 0.0326. The van der Waals surface area contributed by atoms with Crippen molar-refractivity contribution in [2.45, 2.75) is 25.9 Å². The van der Waals surface area contributed by atoms with Crippen LogP contribution in [-0.4, -0.2) is 30.1 Å². The van der Waals surface area contributed by atoms with E-state index in [1.165, 1.54) is 0 Å². The fraction of sp³-hybridized carbons (Fsp3) is 0.333. The SMILES string of the molecule is CCCNC(=O)c1ccc(-c2cccc3c2OC(CN)C3)nc1. The summed E-state index contributed by atoms with van der Waals surface area (Å²) in [5, 5.41) is 2.85. The predicted molar refractivity (Wildman–Crippen MR) is 89.5 cm³/mol. The zero-order chi connectivity index (χ0) is 16.2. The summed E-state index contributed by atoms with van der Waals surface area (Å²) in [5.74, 6) is 0.766. The average Bonchev–Trinajstić information content (AvgIpc) is 3.03. The van der Waals surface area contributed by atoms with Gasteiger partial charge in [-0.3, -0.25) is 9.78 Å². The molecule has 1 aliphatic rings. The van der Waals surface area contributed by atoms with Gasteiger partial charge in [-0.2, -0.15) is 0 Å². The molecule has 3 N–H and O–H groups in total. The average molecular weight is 311 g/mol. The van der Waals surface area contributed by atoms with Crippen molar-refractivity contribution >= 4 is 5.91 Å². The van der Waals surface area contributed by atoms with Crippen LogP contribution < -0.4 is 15.8 Å². The van der Waals surface area contributed by atoms with Gasteiger partial charge in [0.15, 0.2) is 0 Å². The predicted octanol–water partition coefficient (Wildman–Crippen LogP) is 2.15. The number of rotatable bonds is 5. The molecule has 0 saturated heterocycles. The summed E-state index contributed by atoms with van der Waals surface area (Å²) in [6.45, 7) is 3.19. The lowest BCUT2D eigenvalue weighted by molar-refractivity contribution is 0.0953. The van der Waals surface area contributed by atoms with Gasteiger partial charge in [0.2, 0.25) is 0 Å². The van der Waals surface area contributed by atoms with Gasteiger partial charge in [0.05, 0.1) is 11.3 Å². The van der Waals surface area contributed by atoms with Crippen LogP contribution in [0.2, 0.25) is 0 Å². The Morgan fingerprint density at radius 3 is 2.96 bits per heavy atom. The molecule has 5 nitrogen and oxygen atoms in total. The first kappa shape index (κ1) is 15.5. The highest BCUT2D eigenvalue weighted by molar-refractivity contribution is 5.94. The molecule has 1 amide bonds. The second-order valence-corrected chi connectivity index (χ2v) is 5.66. The number of para-hydroxylation sites is 1. The Morgan fingerprint density at radius 1 is 1.39 bits per heavy atom. The second-order valence-electron chi connectivity index (χ2n) is 5.66. The van der Waals surface area contributed by atoms with Crippen molar-refractivity contribution in [1.29, 1.82) is 0 Å². The molecule has 0 radical (unpaired) electrons. The normalized spacial score (nSPS) is 15.8. The summed E-state index contributed by atoms with van der Waals surface area (Å²) in [6.07, 6.45) is 3.38. The van der Waals surface area contributed by atoms with E-state index in [1.807, 2.05) is 25.1 Å². The van der Waals surface area contributed by atoms with Crippen molar-refractivity contribution in [3.8, 4) is 17.0 Å². The third-order valence-corrected chi connectivity index (χ3v) is 3.93. The molecular formula is C18H21N3O2. The number of ether oxygens (including phenoxy) is 1. The summed E-state index contributed by atoms with van der Waals surface area (Å²) in [6, 6.07) is 9.69. The van der Waals surface area contributed by atoms with Gasteiger partial charge in [-0.1, -0.05) is 19.1 Å². The number of aromatic nitrogens is 1. The van der Waals surface area contributed by atoms with Gasteiger partial charge in [0.25, 0.3) is 5.91 Å². The summed E-state index contributed by atoms with van der Waals surface area (Å²) < 4.78 is 5.93. The fourth-order valence-corrected chi connectivity index (χ4v) is 2.70. The Morgan fingerprint density at radius 2 is 2.26 bits per heavy atom. The van der Waals surface area contributed by atoms with Gasteiger partial charge in [0, 0.05) is 31.3 Å². The number of nitrogens with two attached hydrogens (primary N) is 1. The molecule has 1 atom stereocenters. The molecule has 1 aliphatic heterocycles. The number of amides is 1. The zero-order valence-electron chi connectivity index (χ0n) is 13.2. The molecule has 0 aliphatic carbocycles. The Bertz CT molecular complexity index is 698. The van der Waals surface area contributed by atoms with Crippen LogP contribution >= 0.6 is 0 Å². The standard InChI is InChI=1S/C18H21N3O2/c1-2-8-20-18(22)13-6-7-16(21-11-13)15-5-3-4-12-9-14(10-19)23-17(12)15/h3-7,11,14H,2,8-10,19H2,1H3,(H,20,22). The molecule has 2 aromatic rings. The monoisotopic (exact) mass is 311 g/mol. The number of hydrogen-bond donors (Lipinski definition) is 2. The Hall–Kier alpha value is -2.40. The molecule has 1 aromatic heterocycles. The number of carbonyl (C=O) groups is 1. The highest BCUT2D eigenvalue weighted by Crippen LogP contribution is 2.37. The third kappa shape index (κ3) is 3.19. The summed E-state index contributed by atoms with van der Waals surface area (Å²) in [7, 11) is 0. The summed E-state index contributed by atoms with van der Waals surface area (Å²) in [4.78, 5) is 16.4. The van der Waals surface area contributed by atoms with Crippen molar-refractivity contribution in [3.63, 3.8) is 0 Å². The van der Waals surface area contributed by atoms with Crippen LogP contribution in [0, 0.1) is 0 Å². The van der Waals surface area contributed by atoms with E-state index in [9.17, 15) is 4.79 Å². The maximum Gasteiger partial charge on any atom is 0.252 e. The van der Waals surface area contributed by atoms with Gasteiger partial charge in [-0.25, -0.2) is 0 Å². The van der Waals surface area contributed by atoms with E-state index in [0.717, 1.165) is 35.4 Å². The third-order valence-electron chi connectivity index (χ3n) is 3.93. The maximum absolute atomic E-state index is 11.9. The molecule has 0 spiro atoms. The molecule has 23 heavy (non-hydrogen) atoms. The highest BCUT2D eigenvalue weighted by Gasteiger charge is 2.24. The van der Waals surface area contributed by atoms with E-state index in [1.54, 1.807) is 12.3 Å². The topological polar surface area (TPSA) is 77.2 Å². The quantitative estimate of drug-likeness (QED) is 0.887. The van der Waals surface area contributed by atoms with Crippen molar-refractivity contribution in [1.82, 2.24) is 10.3 Å². The number of fused-ring (bicyclic) bond motifs is 1. The van der Waals surface area contributed by atoms with Gasteiger partial charge >= 0.3 is 0 Å². The largest absolute Gasteiger partial charge is 0.488 e. The lowest BCUT2D eigenvalue weighted by atomic mass is 10.0. The van der Waals surface area contributed by atoms with E-state index in [4.69, 9.17) is 10.5 Å². The van der Waals surface area contributed by atoms with Crippen LogP contribution in [0.15, 0.2) is 36.5 Å². The molecular weight excluding hydrogens is 290 g/mol. The lowest BCUT2D eigenvalue weighted by Crippen LogP contribution is -2.24. The van der Waals surface area contributed by atoms with E-state index in [2.05, 4.69) is 16.4 Å². The minimum Gasteiger partial charge on any atom is -0.488 e. The first-order valence-electron chi connectivity index (χ1n) is 7.96. The Kier molecular flexibility index (Phi) is 4.57. The molecule has 0 saturated carbocycles. The van der Waals surface area contributed by atoms with Crippen LogP contribution in [0.25, 0.3) is 11.3 Å². The fourth-order valence-electron chi connectivity index (χ4n) is 2.70. The van der Waals surface area contributed by atoms with Crippen molar-refractivity contribution in [3.05, 3.63) is 47.7 Å². The van der Waals surface area contributed by atoms with Gasteiger partial charge in [0.1, 0.15) is 11.9 Å². The maximum atomic E-state index is 11.9. The first-order valence-corrected chi connectivity index (χ1v) is 7.96. The number of nitrogens with one attached hydrogen (secondary N) is 1. The Labute approximate surface area is 135 Å². The molecule has 120 valence electrons. The summed E-state index contributed by atoms with van der Waals surface area (Å²) >= 11 is 0. The molecule has 3 rings (SSSR count). The molecule has 2 heterocycles. The van der Waals surface area contributed by atoms with Crippen molar-refractivity contribution in [2.75, 3.05) is 13.1 Å². The van der Waals surface area contributed by atoms with Crippen LogP contribution in [0.1, 0.15) is 29.3 Å². The van der Waals surface area contributed by atoms with Crippen LogP contribution in [-0.2, 0) is 6.42 Å². The van der Waals surface area contributed by atoms with Gasteiger partial charge < -0.3 is 15.8 Å². The Balaban J connectivity index is 1.84. The number of carbonyl (C=O) groups excluding carboxylic acids is 1. The first-order chi connectivity index (χ1) is 11.2. The smallest absolute Gasteiger partial charge is 0.252 e. The number of benzene rings is 1. The lowest BCUT2D eigenvalue weighted by Gasteiger charge is -2.10. The van der Waals surface area contributed by atoms with Gasteiger partial charge in [-0.15, -0.1) is 0 Å². The van der Waals surface area contributed by atoms with Crippen LogP contribution in [0.4, 0.5) is 0 Å². The number of pyridine rings is 1. The molecule has 0 bridgehead atoms. The molecule has 1 unspecified atom stereocenters. The van der Waals surface area contributed by atoms with E-state index in [0.29, 0.717) is 18.7 Å². The van der Waals surface area contributed by atoms with E-state index in [-0.39, 0.29) is 12.0 Å². The van der Waals surface area contributed by atoms with Crippen molar-refractivity contribution < 1.29 is 9.53 Å². The molecule has 5 heteroatoms. The second kappa shape index (κ2) is 6.79. The minimum atomic E-state index is -0.0939. The number of nitrogens with zero attached hydrogens (tertiary/aromatic N) is 1. The van der Waals surface area contributed by atoms with E-state index >= 15 is 0 Å². The highest BCUT2D eigenvalue weighted by atomic mass is 16.5. The van der Waals surface area contributed by atoms with Crippen molar-refractivity contribution in [2.24, 2.45) is 5.73 Å². The van der Waals surface area contributed by atoms with Crippen LogP contribution in [0.3, 0.4) is 0 Å². The van der Waals surface area contributed by atoms with Gasteiger partial charge in [-0.05, 0) is 30.2 Å². The van der Waals surface area contributed by atoms with E-state index < -0.39 is 0 Å². The summed E-state index contributed by atoms with van der Waals surface area (Å²) in [5.41, 5.74) is 9.17. The molecule has 0 fully saturated rings. The zero-order valence-corrected chi connectivity index (χ0v) is 13.2. The number of hydrogen-bond acceptors (Lipinski definition) is 4. The molecule has 1 aromatic carbocycles.